The molecular formula is C78H106N6O4S2. The van der Waals surface area contributed by atoms with Gasteiger partial charge >= 0.3 is 0 Å². The molecular weight excluding hydrogens is 1150 g/mol. The van der Waals surface area contributed by atoms with E-state index in [1.165, 1.54) is 199 Å². The number of allylic oxidation sites excluding steroid dienone is 2. The van der Waals surface area contributed by atoms with Gasteiger partial charge in [-0.2, -0.15) is 21.0 Å². The quantitative estimate of drug-likeness (QED) is 0.0239. The first-order valence-electron chi connectivity index (χ1n) is 35.7. The van der Waals surface area contributed by atoms with Gasteiger partial charge in [0.05, 0.1) is 11.1 Å². The summed E-state index contributed by atoms with van der Waals surface area (Å²) >= 11 is 2.61. The van der Waals surface area contributed by atoms with Crippen LogP contribution in [0.1, 0.15) is 336 Å². The predicted octanol–water partition coefficient (Wildman–Crippen LogP) is 23.3. The maximum absolute atomic E-state index is 15.9. The second-order valence-corrected chi connectivity index (χ2v) is 28.3. The summed E-state index contributed by atoms with van der Waals surface area (Å²) in [5.41, 5.74) is 1.85. The Morgan fingerprint density at radius 3 is 0.878 bits per heavy atom. The van der Waals surface area contributed by atoms with Gasteiger partial charge in [-0.25, -0.2) is 0 Å². The fourth-order valence-corrected chi connectivity index (χ4v) is 15.6. The Morgan fingerprint density at radius 2 is 0.622 bits per heavy atom. The van der Waals surface area contributed by atoms with Crippen LogP contribution in [0.5, 0.6) is 0 Å². The Balaban J connectivity index is 1.44. The molecule has 0 aliphatic carbocycles. The van der Waals surface area contributed by atoms with Gasteiger partial charge in [-0.15, -0.1) is 22.7 Å². The Morgan fingerprint density at radius 1 is 0.367 bits per heavy atom. The van der Waals surface area contributed by atoms with Gasteiger partial charge in [-0.3, -0.25) is 29.0 Å². The van der Waals surface area contributed by atoms with Gasteiger partial charge in [0, 0.05) is 65.6 Å². The summed E-state index contributed by atoms with van der Waals surface area (Å²) < 4.78 is 0. The van der Waals surface area contributed by atoms with Crippen molar-refractivity contribution in [2.24, 2.45) is 11.8 Å². The number of benzene rings is 2. The Kier molecular flexibility index (Phi) is 33.5. The number of hydrogen-bond donors (Lipinski definition) is 0. The minimum absolute atomic E-state index is 0.0650. The van der Waals surface area contributed by atoms with Gasteiger partial charge in [-0.05, 0) is 86.1 Å². The number of imide groups is 2. The van der Waals surface area contributed by atoms with Crippen molar-refractivity contribution in [3.8, 4) is 45.2 Å². The molecule has 484 valence electrons. The van der Waals surface area contributed by atoms with Crippen molar-refractivity contribution in [3.63, 3.8) is 0 Å². The molecule has 0 saturated heterocycles. The first kappa shape index (κ1) is 72.9. The fraction of sp³-hybridized carbons (Fsp3) is 0.615. The molecule has 2 aliphatic rings. The molecule has 4 amide bonds. The number of hydrogen-bond acceptors (Lipinski definition) is 10. The zero-order chi connectivity index (χ0) is 64.3. The molecule has 4 heterocycles. The molecule has 2 aromatic carbocycles. The first-order chi connectivity index (χ1) is 44.1. The molecule has 10 nitrogen and oxygen atoms in total. The van der Waals surface area contributed by atoms with Crippen LogP contribution in [-0.4, -0.2) is 46.5 Å². The highest BCUT2D eigenvalue weighted by atomic mass is 32.1. The number of rotatable bonds is 48. The van der Waals surface area contributed by atoms with Crippen LogP contribution in [-0.2, 0) is 0 Å². The van der Waals surface area contributed by atoms with Gasteiger partial charge in [0.15, 0.2) is 0 Å². The smallest absolute Gasteiger partial charge is 0.262 e. The van der Waals surface area contributed by atoms with Crippen LogP contribution >= 0.6 is 22.7 Å². The molecule has 0 bridgehead atoms. The standard InChI is InChI=1S/C78H106N6O4S2/c1-5-9-13-17-21-25-27-31-35-39-43-59(41-37-33-29-23-19-15-11-7-3)57-83-75(85)67-51-66(70-48-46-64(90-70)50-62(55-81)56-82)74-72-68(52-65(73(71(67)72)77(83)87)69-47-45-63(89-69)49-61(53-79)54-80)76(86)84(78(74)88)58-60(42-38-34-30-24-20-16-12-8-4)44-40-36-32-28-26-22-18-14-10-6-2/h45-52,59-60H,5-44,57-58H2,1-4H3. The molecule has 0 radical (unpaired) electrons. The van der Waals surface area contributed by atoms with Crippen molar-refractivity contribution in [2.75, 3.05) is 13.1 Å². The lowest BCUT2D eigenvalue weighted by molar-refractivity contribution is 0.0557. The Labute approximate surface area is 550 Å². The second-order valence-electron chi connectivity index (χ2n) is 26.1. The minimum Gasteiger partial charge on any atom is -0.274 e. The average molecular weight is 1260 g/mol. The number of amides is 4. The SMILES string of the molecule is CCCCCCCCCCCCC(CCCCCCCCCC)CN1C(=O)c2cc(-c3ccc(C=C(C#N)C#N)s3)c3c4c(cc(-c5ccc(C=C(C#N)C#N)s5)c(c24)C1=O)C(=O)N(CC(CCCCCCCCCC)CCCCCCCCCCCC)C3=O. The van der Waals surface area contributed by atoms with Crippen LogP contribution in [0.15, 0.2) is 47.5 Å². The number of nitrogens with zero attached hydrogens (tertiary/aromatic N) is 6. The van der Waals surface area contributed by atoms with Gasteiger partial charge in [0.2, 0.25) is 0 Å². The van der Waals surface area contributed by atoms with Crippen LogP contribution in [0.2, 0.25) is 0 Å². The number of unbranched alkanes of at least 4 members (excludes halogenated alkanes) is 32. The maximum Gasteiger partial charge on any atom is 0.262 e. The summed E-state index contributed by atoms with van der Waals surface area (Å²) in [6.07, 6.45) is 49.8. The molecule has 6 rings (SSSR count). The van der Waals surface area contributed by atoms with Crippen molar-refractivity contribution in [1.82, 2.24) is 9.80 Å². The molecule has 2 unspecified atom stereocenters. The van der Waals surface area contributed by atoms with Gasteiger partial charge in [-0.1, -0.05) is 259 Å². The van der Waals surface area contributed by atoms with E-state index in [1.807, 2.05) is 48.5 Å². The van der Waals surface area contributed by atoms with Gasteiger partial charge < -0.3 is 0 Å². The van der Waals surface area contributed by atoms with Crippen molar-refractivity contribution in [2.45, 2.75) is 285 Å². The first-order valence-corrected chi connectivity index (χ1v) is 37.3. The minimum atomic E-state index is -0.453. The lowest BCUT2D eigenvalue weighted by atomic mass is 9.80. The number of thiophene rings is 2. The molecule has 0 saturated carbocycles. The van der Waals surface area contributed by atoms with E-state index < -0.39 is 23.6 Å². The lowest BCUT2D eigenvalue weighted by Gasteiger charge is -2.36. The Hall–Kier alpha value is -6.18. The summed E-state index contributed by atoms with van der Waals surface area (Å²) in [5.74, 6) is -1.68. The number of carbonyl (C=O) groups is 4. The largest absolute Gasteiger partial charge is 0.274 e. The third kappa shape index (κ3) is 22.0. The summed E-state index contributed by atoms with van der Waals surface area (Å²) in [5, 5.41) is 39.8. The maximum atomic E-state index is 15.9. The number of nitriles is 4. The van der Waals surface area contributed by atoms with Crippen molar-refractivity contribution in [1.29, 1.82) is 21.0 Å². The van der Waals surface area contributed by atoms with Crippen molar-refractivity contribution >= 4 is 69.2 Å². The fourth-order valence-electron chi connectivity index (χ4n) is 13.6. The Bertz CT molecular complexity index is 2930. The van der Waals surface area contributed by atoms with E-state index in [2.05, 4.69) is 27.7 Å². The third-order valence-electron chi connectivity index (χ3n) is 18.9. The summed E-state index contributed by atoms with van der Waals surface area (Å²) in [4.78, 5) is 68.8. The second kappa shape index (κ2) is 41.3. The third-order valence-corrected chi connectivity index (χ3v) is 21.0. The van der Waals surface area contributed by atoms with E-state index in [-0.39, 0.29) is 58.3 Å². The average Bonchev–Trinajstić information content (AvgIpc) is 0.824. The highest BCUT2D eigenvalue weighted by Gasteiger charge is 2.44. The van der Waals surface area contributed by atoms with E-state index in [1.54, 1.807) is 12.1 Å². The summed E-state index contributed by atoms with van der Waals surface area (Å²) in [7, 11) is 0. The van der Waals surface area contributed by atoms with E-state index in [4.69, 9.17) is 0 Å². The topological polar surface area (TPSA) is 170 Å². The van der Waals surface area contributed by atoms with Crippen molar-refractivity contribution < 1.29 is 19.2 Å². The van der Waals surface area contributed by atoms with Crippen LogP contribution in [0.3, 0.4) is 0 Å². The zero-order valence-corrected chi connectivity index (χ0v) is 57.2. The highest BCUT2D eigenvalue weighted by molar-refractivity contribution is 7.16. The van der Waals surface area contributed by atoms with E-state index in [0.717, 1.165) is 103 Å². The zero-order valence-electron chi connectivity index (χ0n) is 55.6. The van der Waals surface area contributed by atoms with Crippen molar-refractivity contribution in [3.05, 3.63) is 79.6 Å². The molecule has 0 spiro atoms. The van der Waals surface area contributed by atoms with Gasteiger partial charge in [0.25, 0.3) is 23.6 Å². The van der Waals surface area contributed by atoms with Crippen LogP contribution in [0.4, 0.5) is 0 Å². The summed E-state index contributed by atoms with van der Waals surface area (Å²) in [6, 6.07) is 18.8. The molecule has 90 heavy (non-hydrogen) atoms. The monoisotopic (exact) mass is 1250 g/mol. The molecule has 2 aromatic heterocycles. The summed E-state index contributed by atoms with van der Waals surface area (Å²) in [6.45, 7) is 9.46. The van der Waals surface area contributed by atoms with Gasteiger partial charge in [0.1, 0.15) is 35.4 Å². The molecule has 12 heteroatoms. The predicted molar refractivity (Wildman–Crippen MR) is 374 cm³/mol. The van der Waals surface area contributed by atoms with E-state index in [0.29, 0.717) is 41.4 Å². The normalized spacial score (nSPS) is 13.3. The molecule has 2 aliphatic heterocycles. The molecule has 2 atom stereocenters. The number of carbonyl (C=O) groups excluding carboxylic acids is 4. The molecule has 0 N–H and O–H groups in total. The van der Waals surface area contributed by atoms with E-state index >= 15 is 19.2 Å². The molecule has 4 aromatic rings. The van der Waals surface area contributed by atoms with Crippen LogP contribution in [0, 0.1) is 57.2 Å². The molecule has 0 fully saturated rings. The van der Waals surface area contributed by atoms with Crippen LogP contribution in [0.25, 0.3) is 43.8 Å². The lowest BCUT2D eigenvalue weighted by Crippen LogP contribution is -2.46. The van der Waals surface area contributed by atoms with Crippen LogP contribution < -0.4 is 0 Å². The van der Waals surface area contributed by atoms with E-state index in [9.17, 15) is 21.0 Å². The highest BCUT2D eigenvalue weighted by Crippen LogP contribution is 2.49.